The number of nitrogens with two attached hydrogens (primary N) is 1. The Balaban J connectivity index is 2.34. The van der Waals surface area contributed by atoms with E-state index in [2.05, 4.69) is 4.98 Å². The number of hydrogen-bond acceptors (Lipinski definition) is 4. The summed E-state index contributed by atoms with van der Waals surface area (Å²) in [6, 6.07) is 0.921. The van der Waals surface area contributed by atoms with Gasteiger partial charge in [0.25, 0.3) is 0 Å². The van der Waals surface area contributed by atoms with Gasteiger partial charge in [0.1, 0.15) is 17.2 Å². The second kappa shape index (κ2) is 4.49. The Hall–Kier alpha value is -2.18. The number of amides is 1. The summed E-state index contributed by atoms with van der Waals surface area (Å²) in [4.78, 5) is 27.9. The van der Waals surface area contributed by atoms with Crippen molar-refractivity contribution < 1.29 is 19.1 Å². The molecule has 7 heteroatoms. The maximum Gasteiger partial charge on any atom is 0.339 e. The summed E-state index contributed by atoms with van der Waals surface area (Å²) in [6.07, 6.45) is 1.47. The number of nitrogens with zero attached hydrogens (tertiary/aromatic N) is 2. The number of carboxylic acids is 1. The lowest BCUT2D eigenvalue weighted by atomic mass is 9.89. The number of anilines is 1. The van der Waals surface area contributed by atoms with E-state index in [4.69, 9.17) is 10.8 Å². The van der Waals surface area contributed by atoms with Gasteiger partial charge in [0.05, 0.1) is 11.6 Å². The fourth-order valence-electron chi connectivity index (χ4n) is 2.18. The first-order chi connectivity index (χ1) is 8.83. The third-order valence-corrected chi connectivity index (χ3v) is 3.43. The Labute approximate surface area is 109 Å². The van der Waals surface area contributed by atoms with E-state index >= 15 is 0 Å². The normalized spacial score (nSPS) is 22.5. The summed E-state index contributed by atoms with van der Waals surface area (Å²) < 4.78 is 13.1. The van der Waals surface area contributed by atoms with Gasteiger partial charge in [-0.1, -0.05) is 0 Å². The van der Waals surface area contributed by atoms with Crippen LogP contribution in [0.3, 0.4) is 0 Å². The molecule has 0 aliphatic carbocycles. The zero-order chi connectivity index (χ0) is 14.2. The predicted octanol–water partition coefficient (Wildman–Crippen LogP) is 0.621. The molecule has 2 heterocycles. The van der Waals surface area contributed by atoms with Crippen molar-refractivity contribution in [1.82, 2.24) is 4.98 Å². The Bertz CT molecular complexity index is 549. The van der Waals surface area contributed by atoms with Gasteiger partial charge >= 0.3 is 5.97 Å². The second-order valence-electron chi connectivity index (χ2n) is 4.93. The molecule has 0 radical (unpaired) electrons. The van der Waals surface area contributed by atoms with E-state index in [0.717, 1.165) is 12.3 Å². The lowest BCUT2D eigenvalue weighted by Gasteiger charge is -2.22. The fraction of sp³-hybridized carbons (Fsp3) is 0.417. The number of carbonyl (C=O) groups excluding carboxylic acids is 1. The topological polar surface area (TPSA) is 96.5 Å². The number of aromatic carboxylic acids is 1. The van der Waals surface area contributed by atoms with Gasteiger partial charge in [-0.15, -0.1) is 0 Å². The number of aromatic nitrogens is 1. The minimum atomic E-state index is -1.25. The fourth-order valence-corrected chi connectivity index (χ4v) is 2.18. The van der Waals surface area contributed by atoms with Crippen molar-refractivity contribution in [3.63, 3.8) is 0 Å². The molecule has 1 fully saturated rings. The first-order valence-electron chi connectivity index (χ1n) is 5.77. The highest BCUT2D eigenvalue weighted by molar-refractivity contribution is 5.93. The van der Waals surface area contributed by atoms with Gasteiger partial charge in [-0.05, 0) is 19.4 Å². The minimum Gasteiger partial charge on any atom is -0.478 e. The van der Waals surface area contributed by atoms with Crippen molar-refractivity contribution in [3.8, 4) is 0 Å². The van der Waals surface area contributed by atoms with Crippen LogP contribution in [-0.2, 0) is 4.79 Å². The van der Waals surface area contributed by atoms with Crippen LogP contribution in [0.15, 0.2) is 12.3 Å². The van der Waals surface area contributed by atoms with Crippen molar-refractivity contribution in [3.05, 3.63) is 23.6 Å². The average Bonchev–Trinajstić information content (AvgIpc) is 2.73. The minimum absolute atomic E-state index is 0.166. The highest BCUT2D eigenvalue weighted by Crippen LogP contribution is 2.33. The van der Waals surface area contributed by atoms with E-state index < -0.39 is 23.1 Å². The van der Waals surface area contributed by atoms with E-state index in [-0.39, 0.29) is 17.9 Å². The highest BCUT2D eigenvalue weighted by Gasteiger charge is 2.40. The third-order valence-electron chi connectivity index (χ3n) is 3.43. The van der Waals surface area contributed by atoms with Crippen LogP contribution in [0.25, 0.3) is 0 Å². The molecule has 0 bridgehead atoms. The molecule has 6 nitrogen and oxygen atoms in total. The molecule has 1 aromatic rings. The third kappa shape index (κ3) is 2.35. The standard InChI is InChI=1S/C12H14FN3O3/c1-12(11(14)19)2-3-16(6-12)9-8(10(17)18)4-7(13)5-15-9/h4-5H,2-3,6H2,1H3,(H2,14,19)(H,17,18). The highest BCUT2D eigenvalue weighted by atomic mass is 19.1. The Morgan fingerprint density at radius 1 is 1.58 bits per heavy atom. The first-order valence-corrected chi connectivity index (χ1v) is 5.77. The number of hydrogen-bond donors (Lipinski definition) is 2. The predicted molar refractivity (Wildman–Crippen MR) is 65.3 cm³/mol. The van der Waals surface area contributed by atoms with Crippen LogP contribution in [0, 0.1) is 11.2 Å². The van der Waals surface area contributed by atoms with Gasteiger partial charge < -0.3 is 15.7 Å². The lowest BCUT2D eigenvalue weighted by Crippen LogP contribution is -2.37. The van der Waals surface area contributed by atoms with Crippen molar-refractivity contribution in [2.24, 2.45) is 11.1 Å². The van der Waals surface area contributed by atoms with Gasteiger partial charge in [0.15, 0.2) is 0 Å². The summed E-state index contributed by atoms with van der Waals surface area (Å²) in [5.41, 5.74) is 4.40. The van der Waals surface area contributed by atoms with Gasteiger partial charge in [0, 0.05) is 13.1 Å². The van der Waals surface area contributed by atoms with E-state index in [1.165, 1.54) is 0 Å². The molecule has 3 N–H and O–H groups in total. The van der Waals surface area contributed by atoms with Crippen molar-refractivity contribution in [2.45, 2.75) is 13.3 Å². The van der Waals surface area contributed by atoms with Crippen LogP contribution >= 0.6 is 0 Å². The molecule has 1 aromatic heterocycles. The number of carboxylic acid groups (broad SMARTS) is 1. The van der Waals surface area contributed by atoms with E-state index in [1.54, 1.807) is 11.8 Å². The van der Waals surface area contributed by atoms with Crippen LogP contribution < -0.4 is 10.6 Å². The smallest absolute Gasteiger partial charge is 0.339 e. The Kier molecular flexibility index (Phi) is 3.13. The Morgan fingerprint density at radius 2 is 2.26 bits per heavy atom. The molecule has 19 heavy (non-hydrogen) atoms. The van der Waals surface area contributed by atoms with Crippen molar-refractivity contribution >= 4 is 17.7 Å². The zero-order valence-corrected chi connectivity index (χ0v) is 10.4. The van der Waals surface area contributed by atoms with Gasteiger partial charge in [-0.2, -0.15) is 0 Å². The second-order valence-corrected chi connectivity index (χ2v) is 4.93. The number of pyridine rings is 1. The molecule has 1 amide bonds. The molecule has 2 rings (SSSR count). The average molecular weight is 267 g/mol. The summed E-state index contributed by atoms with van der Waals surface area (Å²) in [5.74, 6) is -2.24. The molecular weight excluding hydrogens is 253 g/mol. The summed E-state index contributed by atoms with van der Waals surface area (Å²) in [5, 5.41) is 9.06. The summed E-state index contributed by atoms with van der Waals surface area (Å²) in [7, 11) is 0. The van der Waals surface area contributed by atoms with Crippen LogP contribution in [0.5, 0.6) is 0 Å². The van der Waals surface area contributed by atoms with E-state index in [9.17, 15) is 14.0 Å². The van der Waals surface area contributed by atoms with Crippen LogP contribution in [0.1, 0.15) is 23.7 Å². The first kappa shape index (κ1) is 13.3. The van der Waals surface area contributed by atoms with Crippen molar-refractivity contribution in [1.29, 1.82) is 0 Å². The number of carbonyl (C=O) groups is 2. The molecule has 0 spiro atoms. The molecule has 1 aliphatic rings. The molecule has 0 aromatic carbocycles. The maximum absolute atomic E-state index is 13.1. The van der Waals surface area contributed by atoms with Crippen LogP contribution in [-0.4, -0.2) is 35.1 Å². The van der Waals surface area contributed by atoms with Crippen LogP contribution in [0.4, 0.5) is 10.2 Å². The van der Waals surface area contributed by atoms with Gasteiger partial charge in [-0.3, -0.25) is 4.79 Å². The SMILES string of the molecule is CC1(C(N)=O)CCN(c2ncc(F)cc2C(=O)O)C1. The molecule has 0 saturated carbocycles. The van der Waals surface area contributed by atoms with Crippen LogP contribution in [0.2, 0.25) is 0 Å². The largest absolute Gasteiger partial charge is 0.478 e. The van der Waals surface area contributed by atoms with Gasteiger partial charge in [0.2, 0.25) is 5.91 Å². The molecule has 1 aliphatic heterocycles. The summed E-state index contributed by atoms with van der Waals surface area (Å²) >= 11 is 0. The lowest BCUT2D eigenvalue weighted by molar-refractivity contribution is -0.125. The molecule has 1 atom stereocenters. The maximum atomic E-state index is 13.1. The van der Waals surface area contributed by atoms with E-state index in [0.29, 0.717) is 13.0 Å². The van der Waals surface area contributed by atoms with Gasteiger partial charge in [-0.25, -0.2) is 14.2 Å². The number of primary amides is 1. The van der Waals surface area contributed by atoms with Crippen molar-refractivity contribution in [2.75, 3.05) is 18.0 Å². The molecular formula is C12H14FN3O3. The molecule has 102 valence electrons. The number of halogens is 1. The quantitative estimate of drug-likeness (QED) is 0.836. The van der Waals surface area contributed by atoms with E-state index in [1.807, 2.05) is 0 Å². The monoisotopic (exact) mass is 267 g/mol. The number of rotatable bonds is 3. The molecule has 1 saturated heterocycles. The zero-order valence-electron chi connectivity index (χ0n) is 10.4. The Morgan fingerprint density at radius 3 is 2.79 bits per heavy atom. The summed E-state index contributed by atoms with van der Waals surface area (Å²) in [6.45, 7) is 2.46. The molecule has 1 unspecified atom stereocenters.